The molecule has 1 aromatic heterocycles. The van der Waals surface area contributed by atoms with Crippen molar-refractivity contribution in [1.29, 1.82) is 0 Å². The van der Waals surface area contributed by atoms with E-state index in [2.05, 4.69) is 27.5 Å². The van der Waals surface area contributed by atoms with Crippen LogP contribution >= 0.6 is 11.6 Å². The quantitative estimate of drug-likeness (QED) is 0.600. The molecule has 1 N–H and O–H groups in total. The Hall–Kier alpha value is -2.83. The molecule has 1 atom stereocenters. The highest BCUT2D eigenvalue weighted by Crippen LogP contribution is 2.27. The summed E-state index contributed by atoms with van der Waals surface area (Å²) in [4.78, 5) is 15.1. The summed E-state index contributed by atoms with van der Waals surface area (Å²) in [5, 5.41) is 7.60. The van der Waals surface area contributed by atoms with Gasteiger partial charge in [0.25, 0.3) is 5.91 Å². The zero-order chi connectivity index (χ0) is 20.9. The van der Waals surface area contributed by atoms with Crippen molar-refractivity contribution >= 4 is 17.5 Å². The highest BCUT2D eigenvalue weighted by molar-refractivity contribution is 6.30. The largest absolute Gasteiger partial charge is 0.497 e. The molecule has 4 rings (SSSR count). The number of methoxy groups -OCH3 is 1. The lowest BCUT2D eigenvalue weighted by molar-refractivity contribution is 0.0929. The number of ether oxygens (including phenoxy) is 1. The summed E-state index contributed by atoms with van der Waals surface area (Å²) in [6, 6.07) is 17.0. The fourth-order valence-electron chi connectivity index (χ4n) is 3.75. The second-order valence-electron chi connectivity index (χ2n) is 7.33. The lowest BCUT2D eigenvalue weighted by Gasteiger charge is -2.28. The van der Waals surface area contributed by atoms with Crippen molar-refractivity contribution < 1.29 is 14.1 Å². The lowest BCUT2D eigenvalue weighted by atomic mass is 10.1. The van der Waals surface area contributed by atoms with Gasteiger partial charge in [-0.1, -0.05) is 28.9 Å². The van der Waals surface area contributed by atoms with Crippen LogP contribution in [0, 0.1) is 0 Å². The van der Waals surface area contributed by atoms with Crippen molar-refractivity contribution in [3.63, 3.8) is 0 Å². The molecule has 156 valence electrons. The third-order valence-corrected chi connectivity index (χ3v) is 5.66. The van der Waals surface area contributed by atoms with Gasteiger partial charge in [0.2, 0.25) is 0 Å². The van der Waals surface area contributed by atoms with Crippen LogP contribution in [0.1, 0.15) is 34.9 Å². The number of rotatable bonds is 7. The van der Waals surface area contributed by atoms with Gasteiger partial charge < -0.3 is 14.6 Å². The summed E-state index contributed by atoms with van der Waals surface area (Å²) >= 11 is 5.93. The van der Waals surface area contributed by atoms with E-state index in [-0.39, 0.29) is 17.6 Å². The number of hydrogen-bond donors (Lipinski definition) is 1. The SMILES string of the molecule is COc1ccc([C@@H](CNC(=O)c2cc(-c3ccc(Cl)cc3)on2)N2CCCC2)cc1. The number of aromatic nitrogens is 1. The summed E-state index contributed by atoms with van der Waals surface area (Å²) in [6.07, 6.45) is 2.35. The van der Waals surface area contributed by atoms with Crippen molar-refractivity contribution in [3.05, 3.63) is 70.9 Å². The fourth-order valence-corrected chi connectivity index (χ4v) is 3.88. The number of nitrogens with one attached hydrogen (secondary N) is 1. The van der Waals surface area contributed by atoms with Crippen LogP contribution in [-0.2, 0) is 0 Å². The molecule has 2 aromatic carbocycles. The predicted molar refractivity (Wildman–Crippen MR) is 116 cm³/mol. The topological polar surface area (TPSA) is 67.6 Å². The molecule has 0 spiro atoms. The first kappa shape index (κ1) is 20.4. The van der Waals surface area contributed by atoms with E-state index in [1.165, 1.54) is 12.8 Å². The van der Waals surface area contributed by atoms with Gasteiger partial charge >= 0.3 is 0 Å². The van der Waals surface area contributed by atoms with Gasteiger partial charge in [-0.3, -0.25) is 9.69 Å². The summed E-state index contributed by atoms with van der Waals surface area (Å²) in [7, 11) is 1.66. The Kier molecular flexibility index (Phi) is 6.35. The van der Waals surface area contributed by atoms with Gasteiger partial charge in [-0.15, -0.1) is 0 Å². The van der Waals surface area contributed by atoms with E-state index >= 15 is 0 Å². The van der Waals surface area contributed by atoms with E-state index in [0.29, 0.717) is 17.3 Å². The minimum atomic E-state index is -0.253. The van der Waals surface area contributed by atoms with Gasteiger partial charge in [0.05, 0.1) is 13.2 Å². The van der Waals surface area contributed by atoms with Gasteiger partial charge in [-0.25, -0.2) is 0 Å². The molecule has 3 aromatic rings. The Morgan fingerprint density at radius 3 is 2.53 bits per heavy atom. The van der Waals surface area contributed by atoms with Crippen LogP contribution in [0.2, 0.25) is 5.02 Å². The molecule has 6 nitrogen and oxygen atoms in total. The van der Waals surface area contributed by atoms with Crippen LogP contribution in [0.4, 0.5) is 0 Å². The molecule has 0 bridgehead atoms. The maximum atomic E-state index is 12.7. The molecule has 1 aliphatic rings. The molecule has 1 aliphatic heterocycles. The molecule has 7 heteroatoms. The third kappa shape index (κ3) is 4.66. The zero-order valence-corrected chi connectivity index (χ0v) is 17.6. The number of halogens is 1. The van der Waals surface area contributed by atoms with Crippen molar-refractivity contribution in [2.45, 2.75) is 18.9 Å². The van der Waals surface area contributed by atoms with Crippen LogP contribution in [0.5, 0.6) is 5.75 Å². The maximum Gasteiger partial charge on any atom is 0.273 e. The van der Waals surface area contributed by atoms with Crippen LogP contribution in [0.25, 0.3) is 11.3 Å². The fraction of sp³-hybridized carbons (Fsp3) is 0.304. The smallest absolute Gasteiger partial charge is 0.273 e. The monoisotopic (exact) mass is 425 g/mol. The lowest BCUT2D eigenvalue weighted by Crippen LogP contribution is -2.36. The number of benzene rings is 2. The number of likely N-dealkylation sites (tertiary alicyclic amines) is 1. The average Bonchev–Trinajstić information content (AvgIpc) is 3.47. The van der Waals surface area contributed by atoms with Gasteiger partial charge in [0, 0.05) is 23.2 Å². The summed E-state index contributed by atoms with van der Waals surface area (Å²) in [6.45, 7) is 2.54. The van der Waals surface area contributed by atoms with Gasteiger partial charge in [-0.2, -0.15) is 0 Å². The van der Waals surface area contributed by atoms with Crippen molar-refractivity contribution in [2.24, 2.45) is 0 Å². The molecular formula is C23H24ClN3O3. The second kappa shape index (κ2) is 9.32. The van der Waals surface area contributed by atoms with Crippen molar-refractivity contribution in [1.82, 2.24) is 15.4 Å². The Bertz CT molecular complexity index is 980. The average molecular weight is 426 g/mol. The van der Waals surface area contributed by atoms with E-state index in [4.69, 9.17) is 20.9 Å². The molecule has 0 radical (unpaired) electrons. The first-order valence-corrected chi connectivity index (χ1v) is 10.4. The number of carbonyl (C=O) groups is 1. The first-order valence-electron chi connectivity index (χ1n) is 10.0. The van der Waals surface area contributed by atoms with Gasteiger partial charge in [-0.05, 0) is 67.9 Å². The summed E-state index contributed by atoms with van der Waals surface area (Å²) < 4.78 is 10.6. The molecule has 1 amide bonds. The normalized spacial score (nSPS) is 15.1. The Labute approximate surface area is 180 Å². The summed E-state index contributed by atoms with van der Waals surface area (Å²) in [5.41, 5.74) is 2.23. The second-order valence-corrected chi connectivity index (χ2v) is 7.76. The van der Waals surface area contributed by atoms with E-state index < -0.39 is 0 Å². The molecule has 0 aliphatic carbocycles. The van der Waals surface area contributed by atoms with E-state index in [1.54, 1.807) is 25.3 Å². The van der Waals surface area contributed by atoms with Gasteiger partial charge in [0.1, 0.15) is 5.75 Å². The number of carbonyl (C=O) groups excluding carboxylic acids is 1. The van der Waals surface area contributed by atoms with Crippen LogP contribution in [0.3, 0.4) is 0 Å². The molecule has 30 heavy (non-hydrogen) atoms. The van der Waals surface area contributed by atoms with Crippen molar-refractivity contribution in [3.8, 4) is 17.1 Å². The number of hydrogen-bond acceptors (Lipinski definition) is 5. The maximum absolute atomic E-state index is 12.7. The molecule has 1 fully saturated rings. The Balaban J connectivity index is 1.45. The highest BCUT2D eigenvalue weighted by atomic mass is 35.5. The van der Waals surface area contributed by atoms with Crippen LogP contribution < -0.4 is 10.1 Å². The molecule has 2 heterocycles. The van der Waals surface area contributed by atoms with E-state index in [9.17, 15) is 4.79 Å². The Morgan fingerprint density at radius 1 is 1.17 bits per heavy atom. The molecule has 0 unspecified atom stereocenters. The minimum absolute atomic E-state index is 0.102. The zero-order valence-electron chi connectivity index (χ0n) is 16.8. The molecule has 0 saturated carbocycles. The van der Waals surface area contributed by atoms with E-state index in [1.807, 2.05) is 24.3 Å². The van der Waals surface area contributed by atoms with E-state index in [0.717, 1.165) is 30.0 Å². The van der Waals surface area contributed by atoms with Gasteiger partial charge in [0.15, 0.2) is 11.5 Å². The minimum Gasteiger partial charge on any atom is -0.497 e. The summed E-state index contributed by atoms with van der Waals surface area (Å²) in [5.74, 6) is 1.10. The first-order chi connectivity index (χ1) is 14.6. The van der Waals surface area contributed by atoms with Crippen molar-refractivity contribution in [2.75, 3.05) is 26.7 Å². The van der Waals surface area contributed by atoms with Crippen LogP contribution in [0.15, 0.2) is 59.1 Å². The number of nitrogens with zero attached hydrogens (tertiary/aromatic N) is 2. The number of amides is 1. The molecule has 1 saturated heterocycles. The molecular weight excluding hydrogens is 402 g/mol. The third-order valence-electron chi connectivity index (χ3n) is 5.41. The van der Waals surface area contributed by atoms with Crippen LogP contribution in [-0.4, -0.2) is 42.7 Å². The Morgan fingerprint density at radius 2 is 1.87 bits per heavy atom. The standard InChI is InChI=1S/C23H24ClN3O3/c1-29-19-10-6-16(7-11-19)21(27-12-2-3-13-27)15-25-23(28)20-14-22(30-26-20)17-4-8-18(24)9-5-17/h4-11,14,21H,2-3,12-13,15H2,1H3,(H,25,28)/t21-/m1/s1. The highest BCUT2D eigenvalue weighted by Gasteiger charge is 2.25. The predicted octanol–water partition coefficient (Wildman–Crippen LogP) is 4.57.